The van der Waals surface area contributed by atoms with Crippen LogP contribution >= 0.6 is 11.5 Å². The lowest BCUT2D eigenvalue weighted by atomic mass is 10.2. The minimum absolute atomic E-state index is 0.0236. The number of hydrogen-bond donors (Lipinski definition) is 1. The van der Waals surface area contributed by atoms with E-state index in [-0.39, 0.29) is 30.6 Å². The molecule has 1 aromatic carbocycles. The molecule has 2 aromatic heterocycles. The molecule has 1 amide bonds. The molecule has 9 heteroatoms. The molecule has 0 aliphatic carbocycles. The summed E-state index contributed by atoms with van der Waals surface area (Å²) < 4.78 is 12.1. The lowest BCUT2D eigenvalue weighted by molar-refractivity contribution is -0.122. The van der Waals surface area contributed by atoms with Gasteiger partial charge in [-0.2, -0.15) is 4.37 Å². The van der Waals surface area contributed by atoms with Gasteiger partial charge in [-0.3, -0.25) is 18.7 Å². The molecule has 0 radical (unpaired) electrons. The highest BCUT2D eigenvalue weighted by molar-refractivity contribution is 7.04. The van der Waals surface area contributed by atoms with Crippen molar-refractivity contribution in [2.75, 3.05) is 13.2 Å². The van der Waals surface area contributed by atoms with Crippen LogP contribution in [0, 0.1) is 0 Å². The molecule has 1 aliphatic heterocycles. The maximum atomic E-state index is 13.0. The summed E-state index contributed by atoms with van der Waals surface area (Å²) in [6.45, 7) is 1.09. The monoisotopic (exact) mass is 400 g/mol. The first kappa shape index (κ1) is 18.6. The summed E-state index contributed by atoms with van der Waals surface area (Å²) in [7, 11) is 0. The molecule has 0 spiro atoms. The van der Waals surface area contributed by atoms with Gasteiger partial charge < -0.3 is 10.1 Å². The molecule has 146 valence electrons. The van der Waals surface area contributed by atoms with Crippen LogP contribution in [0.5, 0.6) is 0 Å². The van der Waals surface area contributed by atoms with Gasteiger partial charge in [0.2, 0.25) is 5.91 Å². The molecule has 0 bridgehead atoms. The zero-order valence-electron chi connectivity index (χ0n) is 15.2. The first-order chi connectivity index (χ1) is 13.6. The Morgan fingerprint density at radius 2 is 2.07 bits per heavy atom. The van der Waals surface area contributed by atoms with Gasteiger partial charge in [-0.25, -0.2) is 4.79 Å². The lowest BCUT2D eigenvalue weighted by Crippen LogP contribution is -2.43. The van der Waals surface area contributed by atoms with Gasteiger partial charge in [-0.15, -0.1) is 0 Å². The van der Waals surface area contributed by atoms with E-state index in [2.05, 4.69) is 9.69 Å². The third-order valence-electron chi connectivity index (χ3n) is 4.79. The van der Waals surface area contributed by atoms with Gasteiger partial charge in [0.1, 0.15) is 6.54 Å². The Morgan fingerprint density at radius 1 is 1.25 bits per heavy atom. The molecule has 1 aliphatic rings. The second kappa shape index (κ2) is 8.07. The SMILES string of the molecule is O=C(Cn1c(=O)n(Cc2ccccc2)c(=O)c2nscc21)NC[C@@H]1CCCO1. The van der Waals surface area contributed by atoms with Gasteiger partial charge in [0.15, 0.2) is 5.52 Å². The third-order valence-corrected chi connectivity index (χ3v) is 5.40. The molecular weight excluding hydrogens is 380 g/mol. The van der Waals surface area contributed by atoms with Crippen LogP contribution < -0.4 is 16.6 Å². The number of hydrogen-bond acceptors (Lipinski definition) is 6. The van der Waals surface area contributed by atoms with Crippen molar-refractivity contribution in [2.45, 2.75) is 32.0 Å². The second-order valence-corrected chi connectivity index (χ2v) is 7.36. The van der Waals surface area contributed by atoms with E-state index >= 15 is 0 Å². The fourth-order valence-electron chi connectivity index (χ4n) is 3.33. The maximum absolute atomic E-state index is 13.0. The van der Waals surface area contributed by atoms with Crippen LogP contribution in [-0.2, 0) is 22.6 Å². The number of amides is 1. The van der Waals surface area contributed by atoms with Gasteiger partial charge in [0, 0.05) is 18.5 Å². The number of nitrogens with zero attached hydrogens (tertiary/aromatic N) is 3. The number of aromatic nitrogens is 3. The minimum atomic E-state index is -0.520. The molecular formula is C19H20N4O4S. The Kier molecular flexibility index (Phi) is 5.36. The Bertz CT molecular complexity index is 1100. The second-order valence-electron chi connectivity index (χ2n) is 6.73. The number of fused-ring (bicyclic) bond motifs is 1. The van der Waals surface area contributed by atoms with Crippen molar-refractivity contribution in [1.82, 2.24) is 18.8 Å². The molecule has 28 heavy (non-hydrogen) atoms. The zero-order chi connectivity index (χ0) is 19.5. The predicted molar refractivity (Wildman–Crippen MR) is 106 cm³/mol. The molecule has 1 N–H and O–H groups in total. The van der Waals surface area contributed by atoms with Gasteiger partial charge in [0.05, 0.1) is 18.2 Å². The Labute approximate surface area is 164 Å². The molecule has 3 aromatic rings. The molecule has 3 heterocycles. The van der Waals surface area contributed by atoms with E-state index < -0.39 is 11.2 Å². The average molecular weight is 400 g/mol. The fraction of sp³-hybridized carbons (Fsp3) is 0.368. The number of benzene rings is 1. The Morgan fingerprint density at radius 3 is 2.82 bits per heavy atom. The van der Waals surface area contributed by atoms with Crippen molar-refractivity contribution in [3.8, 4) is 0 Å². The largest absolute Gasteiger partial charge is 0.376 e. The quantitative estimate of drug-likeness (QED) is 0.665. The van der Waals surface area contributed by atoms with Crippen molar-refractivity contribution in [1.29, 1.82) is 0 Å². The van der Waals surface area contributed by atoms with Gasteiger partial charge in [-0.1, -0.05) is 30.3 Å². The van der Waals surface area contributed by atoms with E-state index in [1.165, 1.54) is 4.57 Å². The summed E-state index contributed by atoms with van der Waals surface area (Å²) in [4.78, 5) is 38.1. The molecule has 1 fully saturated rings. The molecule has 4 rings (SSSR count). The number of ether oxygens (including phenoxy) is 1. The number of carbonyl (C=O) groups excluding carboxylic acids is 1. The van der Waals surface area contributed by atoms with Crippen LogP contribution in [0.3, 0.4) is 0 Å². The number of carbonyl (C=O) groups is 1. The zero-order valence-corrected chi connectivity index (χ0v) is 16.0. The highest BCUT2D eigenvalue weighted by atomic mass is 32.1. The molecule has 0 saturated carbocycles. The molecule has 1 atom stereocenters. The third kappa shape index (κ3) is 3.76. The lowest BCUT2D eigenvalue weighted by Gasteiger charge is -2.13. The van der Waals surface area contributed by atoms with E-state index in [0.29, 0.717) is 18.7 Å². The van der Waals surface area contributed by atoms with Crippen molar-refractivity contribution < 1.29 is 9.53 Å². The van der Waals surface area contributed by atoms with Crippen LogP contribution in [0.2, 0.25) is 0 Å². The Balaban J connectivity index is 1.63. The molecule has 0 unspecified atom stereocenters. The molecule has 1 saturated heterocycles. The van der Waals surface area contributed by atoms with Crippen molar-refractivity contribution in [3.05, 3.63) is 62.1 Å². The van der Waals surface area contributed by atoms with Crippen molar-refractivity contribution in [3.63, 3.8) is 0 Å². The van der Waals surface area contributed by atoms with Crippen LogP contribution in [0.15, 0.2) is 45.3 Å². The highest BCUT2D eigenvalue weighted by Crippen LogP contribution is 2.12. The van der Waals surface area contributed by atoms with E-state index in [4.69, 9.17) is 4.74 Å². The normalized spacial score (nSPS) is 16.5. The van der Waals surface area contributed by atoms with Crippen molar-refractivity contribution >= 4 is 28.5 Å². The topological polar surface area (TPSA) is 95.2 Å². The van der Waals surface area contributed by atoms with Crippen LogP contribution in [0.1, 0.15) is 18.4 Å². The van der Waals surface area contributed by atoms with Gasteiger partial charge >= 0.3 is 5.69 Å². The van der Waals surface area contributed by atoms with Gasteiger partial charge in [-0.05, 0) is 29.9 Å². The first-order valence-electron chi connectivity index (χ1n) is 9.13. The van der Waals surface area contributed by atoms with Gasteiger partial charge in [0.25, 0.3) is 5.56 Å². The molecule has 8 nitrogen and oxygen atoms in total. The van der Waals surface area contributed by atoms with E-state index in [0.717, 1.165) is 34.5 Å². The summed E-state index contributed by atoms with van der Waals surface area (Å²) in [5, 5.41) is 4.44. The van der Waals surface area contributed by atoms with E-state index in [1.807, 2.05) is 30.3 Å². The van der Waals surface area contributed by atoms with E-state index in [1.54, 1.807) is 5.38 Å². The summed E-state index contributed by atoms with van der Waals surface area (Å²) >= 11 is 1.09. The van der Waals surface area contributed by atoms with Crippen LogP contribution in [0.25, 0.3) is 11.0 Å². The summed E-state index contributed by atoms with van der Waals surface area (Å²) in [6.07, 6.45) is 1.93. The highest BCUT2D eigenvalue weighted by Gasteiger charge is 2.19. The first-order valence-corrected chi connectivity index (χ1v) is 9.97. The summed E-state index contributed by atoms with van der Waals surface area (Å²) in [6, 6.07) is 9.25. The van der Waals surface area contributed by atoms with Crippen molar-refractivity contribution in [2.24, 2.45) is 0 Å². The average Bonchev–Trinajstić information content (AvgIpc) is 3.40. The summed E-state index contributed by atoms with van der Waals surface area (Å²) in [5.41, 5.74) is 0.449. The van der Waals surface area contributed by atoms with Crippen LogP contribution in [-0.4, -0.2) is 38.7 Å². The maximum Gasteiger partial charge on any atom is 0.332 e. The predicted octanol–water partition coefficient (Wildman–Crippen LogP) is 0.963. The standard InChI is InChI=1S/C19H20N4O4S/c24-16(20-9-14-7-4-8-27-14)11-22-15-12-28-21-17(15)18(25)23(19(22)26)10-13-5-2-1-3-6-13/h1-3,5-6,12,14H,4,7-11H2,(H,20,24)/t14-/m0/s1. The number of nitrogens with one attached hydrogen (secondary N) is 1. The van der Waals surface area contributed by atoms with Crippen LogP contribution in [0.4, 0.5) is 0 Å². The Hall–Kier alpha value is -2.78. The fourth-order valence-corrected chi connectivity index (χ4v) is 3.99. The number of rotatable bonds is 6. The minimum Gasteiger partial charge on any atom is -0.376 e. The smallest absolute Gasteiger partial charge is 0.332 e. The summed E-state index contributed by atoms with van der Waals surface area (Å²) in [5.74, 6) is -0.296. The van der Waals surface area contributed by atoms with E-state index in [9.17, 15) is 14.4 Å².